The molecule has 1 unspecified atom stereocenters. The van der Waals surface area contributed by atoms with Gasteiger partial charge in [-0.15, -0.1) is 24.2 Å². The Morgan fingerprint density at radius 2 is 1.89 bits per heavy atom. The Bertz CT molecular complexity index is 390. The molecule has 0 aromatic carbocycles. The third kappa shape index (κ3) is 3.74. The lowest BCUT2D eigenvalue weighted by molar-refractivity contribution is -0.133. The number of sulfonamides is 1. The van der Waals surface area contributed by atoms with Gasteiger partial charge < -0.3 is 4.90 Å². The summed E-state index contributed by atoms with van der Waals surface area (Å²) in [6.45, 7) is 1.80. The van der Waals surface area contributed by atoms with Crippen LogP contribution < -0.4 is 5.32 Å². The largest absolute Gasteiger partial charge is 0.339 e. The first-order chi connectivity index (χ1) is 7.98. The standard InChI is InChI=1S/C9H17N3O3S2.ClH/c1-17(14,15)12-4-2-11(3-5-12)9(13)8-6-16-7-10-8;/h8,10H,2-7H2,1H3;1H. The van der Waals surface area contributed by atoms with Crippen molar-refractivity contribution in [3.8, 4) is 0 Å². The van der Waals surface area contributed by atoms with Crippen molar-refractivity contribution in [3.05, 3.63) is 0 Å². The van der Waals surface area contributed by atoms with Crippen LogP contribution in [0.25, 0.3) is 0 Å². The van der Waals surface area contributed by atoms with Crippen LogP contribution in [0.1, 0.15) is 0 Å². The summed E-state index contributed by atoms with van der Waals surface area (Å²) >= 11 is 1.71. The Morgan fingerprint density at radius 3 is 2.33 bits per heavy atom. The van der Waals surface area contributed by atoms with Crippen molar-refractivity contribution in [1.29, 1.82) is 0 Å². The number of halogens is 1. The minimum Gasteiger partial charge on any atom is -0.339 e. The summed E-state index contributed by atoms with van der Waals surface area (Å²) in [5.41, 5.74) is 0. The molecule has 1 N–H and O–H groups in total. The summed E-state index contributed by atoms with van der Waals surface area (Å²) in [4.78, 5) is 13.8. The van der Waals surface area contributed by atoms with E-state index in [0.29, 0.717) is 26.2 Å². The van der Waals surface area contributed by atoms with Gasteiger partial charge in [0.15, 0.2) is 0 Å². The third-order valence-corrected chi connectivity index (χ3v) is 5.28. The molecule has 2 aliphatic rings. The predicted octanol–water partition coefficient (Wildman–Crippen LogP) is -0.825. The van der Waals surface area contributed by atoms with E-state index in [9.17, 15) is 13.2 Å². The summed E-state index contributed by atoms with van der Waals surface area (Å²) in [6, 6.07) is -0.0928. The van der Waals surface area contributed by atoms with Crippen molar-refractivity contribution >= 4 is 40.1 Å². The van der Waals surface area contributed by atoms with E-state index < -0.39 is 10.0 Å². The second kappa shape index (κ2) is 6.42. The second-order valence-corrected chi connectivity index (χ2v) is 7.27. The smallest absolute Gasteiger partial charge is 0.240 e. The zero-order valence-electron chi connectivity index (χ0n) is 10.2. The van der Waals surface area contributed by atoms with Gasteiger partial charge in [0.25, 0.3) is 0 Å². The Balaban J connectivity index is 0.00000162. The lowest BCUT2D eigenvalue weighted by Gasteiger charge is -2.34. The zero-order valence-corrected chi connectivity index (χ0v) is 12.6. The Hall–Kier alpha value is -0.0200. The van der Waals surface area contributed by atoms with Crippen molar-refractivity contribution in [1.82, 2.24) is 14.5 Å². The molecule has 0 aliphatic carbocycles. The van der Waals surface area contributed by atoms with Gasteiger partial charge in [0.1, 0.15) is 0 Å². The molecule has 9 heteroatoms. The maximum atomic E-state index is 12.0. The van der Waals surface area contributed by atoms with E-state index in [1.807, 2.05) is 0 Å². The third-order valence-electron chi connectivity index (χ3n) is 3.03. The van der Waals surface area contributed by atoms with Crippen LogP contribution in [0.2, 0.25) is 0 Å². The SMILES string of the molecule is CS(=O)(=O)N1CCN(C(=O)C2CSCN2)CC1.Cl. The van der Waals surface area contributed by atoms with Gasteiger partial charge in [-0.3, -0.25) is 10.1 Å². The van der Waals surface area contributed by atoms with Crippen molar-refractivity contribution in [2.24, 2.45) is 0 Å². The lowest BCUT2D eigenvalue weighted by Crippen LogP contribution is -2.54. The first kappa shape index (κ1) is 16.0. The van der Waals surface area contributed by atoms with E-state index in [2.05, 4.69) is 5.32 Å². The van der Waals surface area contributed by atoms with Crippen molar-refractivity contribution in [2.75, 3.05) is 44.1 Å². The van der Waals surface area contributed by atoms with Crippen LogP contribution in [-0.2, 0) is 14.8 Å². The van der Waals surface area contributed by atoms with Gasteiger partial charge in [-0.05, 0) is 0 Å². The van der Waals surface area contributed by atoms with Crippen LogP contribution in [0.4, 0.5) is 0 Å². The number of carbonyl (C=O) groups is 1. The molecular formula is C9H18ClN3O3S2. The number of piperazine rings is 1. The number of rotatable bonds is 2. The maximum Gasteiger partial charge on any atom is 0.240 e. The van der Waals surface area contributed by atoms with Gasteiger partial charge >= 0.3 is 0 Å². The van der Waals surface area contributed by atoms with E-state index in [0.717, 1.165) is 11.6 Å². The van der Waals surface area contributed by atoms with E-state index in [4.69, 9.17) is 0 Å². The molecule has 2 fully saturated rings. The highest BCUT2D eigenvalue weighted by Crippen LogP contribution is 2.14. The number of nitrogens with one attached hydrogen (secondary N) is 1. The Labute approximate surface area is 118 Å². The van der Waals surface area contributed by atoms with E-state index >= 15 is 0 Å². The Morgan fingerprint density at radius 1 is 1.28 bits per heavy atom. The topological polar surface area (TPSA) is 69.7 Å². The maximum absolute atomic E-state index is 12.0. The minimum atomic E-state index is -3.12. The molecule has 2 saturated heterocycles. The summed E-state index contributed by atoms with van der Waals surface area (Å²) < 4.78 is 24.1. The van der Waals surface area contributed by atoms with Crippen LogP contribution in [0.5, 0.6) is 0 Å². The first-order valence-corrected chi connectivity index (χ1v) is 8.54. The number of nitrogens with zero attached hydrogens (tertiary/aromatic N) is 2. The molecule has 18 heavy (non-hydrogen) atoms. The second-order valence-electron chi connectivity index (χ2n) is 4.26. The first-order valence-electron chi connectivity index (χ1n) is 5.53. The summed E-state index contributed by atoms with van der Waals surface area (Å²) in [5.74, 6) is 1.73. The Kier molecular flexibility index (Phi) is 5.72. The fraction of sp³-hybridized carbons (Fsp3) is 0.889. The fourth-order valence-electron chi connectivity index (χ4n) is 2.01. The molecule has 0 radical (unpaired) electrons. The molecule has 106 valence electrons. The molecule has 6 nitrogen and oxygen atoms in total. The van der Waals surface area contributed by atoms with Gasteiger partial charge in [0, 0.05) is 37.8 Å². The van der Waals surface area contributed by atoms with Crippen LogP contribution in [0.15, 0.2) is 0 Å². The lowest BCUT2D eigenvalue weighted by atomic mass is 10.2. The number of amides is 1. The van der Waals surface area contributed by atoms with Crippen molar-refractivity contribution in [3.63, 3.8) is 0 Å². The van der Waals surface area contributed by atoms with Gasteiger partial charge in [-0.1, -0.05) is 0 Å². The molecule has 2 rings (SSSR count). The summed E-state index contributed by atoms with van der Waals surface area (Å²) in [6.07, 6.45) is 1.21. The minimum absolute atomic E-state index is 0. The van der Waals surface area contributed by atoms with Gasteiger partial charge in [0.2, 0.25) is 15.9 Å². The average molecular weight is 316 g/mol. The molecule has 1 amide bonds. The highest BCUT2D eigenvalue weighted by molar-refractivity contribution is 7.99. The van der Waals surface area contributed by atoms with Crippen LogP contribution in [-0.4, -0.2) is 73.6 Å². The molecule has 2 heterocycles. The number of hydrogen-bond acceptors (Lipinski definition) is 5. The molecule has 0 spiro atoms. The van der Waals surface area contributed by atoms with E-state index in [1.165, 1.54) is 10.6 Å². The average Bonchev–Trinajstić information content (AvgIpc) is 2.80. The predicted molar refractivity (Wildman–Crippen MR) is 74.5 cm³/mol. The molecular weight excluding hydrogens is 298 g/mol. The quantitative estimate of drug-likeness (QED) is 0.720. The normalized spacial score (nSPS) is 25.8. The fourth-order valence-corrected chi connectivity index (χ4v) is 3.77. The van der Waals surface area contributed by atoms with Crippen LogP contribution in [0, 0.1) is 0 Å². The molecule has 0 bridgehead atoms. The molecule has 0 saturated carbocycles. The van der Waals surface area contributed by atoms with Gasteiger partial charge in [0.05, 0.1) is 12.3 Å². The molecule has 0 aromatic rings. The summed E-state index contributed by atoms with van der Waals surface area (Å²) in [7, 11) is -3.12. The molecule has 2 aliphatic heterocycles. The number of hydrogen-bond donors (Lipinski definition) is 1. The molecule has 1 atom stereocenters. The van der Waals surface area contributed by atoms with Crippen LogP contribution >= 0.6 is 24.2 Å². The van der Waals surface area contributed by atoms with Crippen molar-refractivity contribution in [2.45, 2.75) is 6.04 Å². The van der Waals surface area contributed by atoms with Crippen molar-refractivity contribution < 1.29 is 13.2 Å². The molecule has 0 aromatic heterocycles. The number of carbonyl (C=O) groups excluding carboxylic acids is 1. The summed E-state index contributed by atoms with van der Waals surface area (Å²) in [5, 5.41) is 3.14. The highest BCUT2D eigenvalue weighted by Gasteiger charge is 2.31. The highest BCUT2D eigenvalue weighted by atomic mass is 35.5. The monoisotopic (exact) mass is 315 g/mol. The zero-order chi connectivity index (χ0) is 12.5. The van der Waals surface area contributed by atoms with Gasteiger partial charge in [-0.2, -0.15) is 4.31 Å². The van der Waals surface area contributed by atoms with E-state index in [1.54, 1.807) is 16.7 Å². The van der Waals surface area contributed by atoms with Gasteiger partial charge in [-0.25, -0.2) is 8.42 Å². The number of thioether (sulfide) groups is 1. The van der Waals surface area contributed by atoms with E-state index in [-0.39, 0.29) is 24.4 Å². The van der Waals surface area contributed by atoms with Crippen LogP contribution in [0.3, 0.4) is 0 Å².